The number of cyclic esters (lactones) is 1. The van der Waals surface area contributed by atoms with Crippen LogP contribution in [0.25, 0.3) is 0 Å². The molecule has 1 saturated carbocycles. The van der Waals surface area contributed by atoms with E-state index in [2.05, 4.69) is 0 Å². The van der Waals surface area contributed by atoms with E-state index in [1.165, 1.54) is 6.92 Å². The van der Waals surface area contributed by atoms with Crippen molar-refractivity contribution in [3.8, 4) is 0 Å². The van der Waals surface area contributed by atoms with Gasteiger partial charge in [0.25, 0.3) is 11.7 Å². The van der Waals surface area contributed by atoms with Crippen LogP contribution >= 0.6 is 0 Å². The van der Waals surface area contributed by atoms with E-state index in [0.717, 1.165) is 4.90 Å². The number of fused-ring (bicyclic) bond motifs is 3. The molecular weight excluding hydrogens is 754 g/mol. The Balaban J connectivity index is 1.74. The lowest BCUT2D eigenvalue weighted by atomic mass is 9.81. The van der Waals surface area contributed by atoms with Crippen molar-refractivity contribution in [3.63, 3.8) is 0 Å². The molecule has 330 valence electrons. The van der Waals surface area contributed by atoms with Crippen molar-refractivity contribution in [1.29, 1.82) is 0 Å². The van der Waals surface area contributed by atoms with Crippen LogP contribution in [0.5, 0.6) is 0 Å². The molecule has 3 heterocycles. The number of ketones is 2. The van der Waals surface area contributed by atoms with Crippen LogP contribution in [-0.4, -0.2) is 147 Å². The molecule has 2 saturated heterocycles. The van der Waals surface area contributed by atoms with Crippen molar-refractivity contribution in [3.05, 3.63) is 23.3 Å². The highest BCUT2D eigenvalue weighted by molar-refractivity contribution is 6.39. The molecule has 15 atom stereocenters. The summed E-state index contributed by atoms with van der Waals surface area (Å²) in [5.74, 6) is -9.52. The van der Waals surface area contributed by atoms with Crippen LogP contribution in [0.2, 0.25) is 0 Å². The van der Waals surface area contributed by atoms with Gasteiger partial charge in [-0.2, -0.15) is 0 Å². The average molecular weight is 824 g/mol. The van der Waals surface area contributed by atoms with Crippen molar-refractivity contribution in [1.82, 2.24) is 4.90 Å². The second-order valence-corrected chi connectivity index (χ2v) is 17.3. The standard InChI is InChI=1S/C43H69NO14/c1-8-29-18-23(2)37(50)24(3)19-33(48)39-34(49)20-26(5)43(54,58-39)40(51)41(52)44-14-10-9-11-30(44)42(53)57-38(27(6)31(46)22-32(29)47)25(4)17-28-12-13-35(56-16-15-45)36(21-28)55-7/h17-18,24,26-31,33-39,45-46,48-50,54H,8-16,19-22H2,1-7H3/b23-18+,25-17+/t24-,26-,27-,28+,29-,30+,31+,33+,34+,35-,36-,37-,38-,39-,43-/m1/s1. The summed E-state index contributed by atoms with van der Waals surface area (Å²) >= 11 is 0. The fourth-order valence-electron chi connectivity index (χ4n) is 9.28. The van der Waals surface area contributed by atoms with E-state index in [-0.39, 0.29) is 69.4 Å². The van der Waals surface area contributed by atoms with Gasteiger partial charge in [-0.15, -0.1) is 0 Å². The Kier molecular flexibility index (Phi) is 17.6. The minimum atomic E-state index is -2.73. The van der Waals surface area contributed by atoms with Crippen molar-refractivity contribution in [2.45, 2.75) is 166 Å². The fourth-order valence-corrected chi connectivity index (χ4v) is 9.28. The summed E-state index contributed by atoms with van der Waals surface area (Å²) < 4.78 is 23.5. The predicted octanol–water partition coefficient (Wildman–Crippen LogP) is 2.15. The Morgan fingerprint density at radius 1 is 0.966 bits per heavy atom. The van der Waals surface area contributed by atoms with Gasteiger partial charge in [0.15, 0.2) is 0 Å². The van der Waals surface area contributed by atoms with Gasteiger partial charge in [-0.3, -0.25) is 14.4 Å². The third-order valence-corrected chi connectivity index (χ3v) is 13.0. The average Bonchev–Trinajstić information content (AvgIpc) is 3.20. The summed E-state index contributed by atoms with van der Waals surface area (Å²) in [4.78, 5) is 57.2. The van der Waals surface area contributed by atoms with Crippen LogP contribution in [0.3, 0.4) is 0 Å². The summed E-state index contributed by atoms with van der Waals surface area (Å²) in [6, 6.07) is -1.22. The number of aliphatic hydroxyl groups is 6. The van der Waals surface area contributed by atoms with Crippen LogP contribution in [0.15, 0.2) is 23.3 Å². The van der Waals surface area contributed by atoms with Crippen molar-refractivity contribution < 1.29 is 68.8 Å². The largest absolute Gasteiger partial charge is 0.456 e. The van der Waals surface area contributed by atoms with Crippen LogP contribution in [0, 0.1) is 29.6 Å². The highest BCUT2D eigenvalue weighted by Crippen LogP contribution is 2.38. The molecule has 0 radical (unpaired) electrons. The second kappa shape index (κ2) is 21.3. The van der Waals surface area contributed by atoms with Gasteiger partial charge in [0.1, 0.15) is 24.0 Å². The maximum atomic E-state index is 14.3. The Morgan fingerprint density at radius 2 is 1.66 bits per heavy atom. The molecule has 3 aliphatic heterocycles. The highest BCUT2D eigenvalue weighted by atomic mass is 16.7. The molecule has 1 amide bonds. The van der Waals surface area contributed by atoms with E-state index in [1.54, 1.807) is 40.9 Å². The van der Waals surface area contributed by atoms with Gasteiger partial charge in [-0.1, -0.05) is 39.8 Å². The normalized spacial score (nSPS) is 41.8. The summed E-state index contributed by atoms with van der Waals surface area (Å²) in [5, 5.41) is 66.2. The number of hydrogen-bond acceptors (Lipinski definition) is 14. The molecule has 6 N–H and O–H groups in total. The lowest BCUT2D eigenvalue weighted by molar-refractivity contribution is -0.298. The molecule has 4 rings (SSSR count). The van der Waals surface area contributed by atoms with Crippen molar-refractivity contribution >= 4 is 23.4 Å². The zero-order valence-corrected chi connectivity index (χ0v) is 35.3. The second-order valence-electron chi connectivity index (χ2n) is 17.3. The Bertz CT molecular complexity index is 1480. The lowest BCUT2D eigenvalue weighted by Gasteiger charge is -2.45. The molecule has 0 aromatic heterocycles. The zero-order valence-electron chi connectivity index (χ0n) is 35.3. The summed E-state index contributed by atoms with van der Waals surface area (Å²) in [6.07, 6.45) is -1.61. The van der Waals surface area contributed by atoms with E-state index in [9.17, 15) is 49.8 Å². The van der Waals surface area contributed by atoms with Gasteiger partial charge in [-0.25, -0.2) is 4.79 Å². The van der Waals surface area contributed by atoms with Gasteiger partial charge in [-0.05, 0) is 94.6 Å². The van der Waals surface area contributed by atoms with E-state index in [1.807, 2.05) is 13.0 Å². The molecule has 0 aromatic rings. The maximum absolute atomic E-state index is 14.3. The highest BCUT2D eigenvalue weighted by Gasteiger charge is 2.56. The van der Waals surface area contributed by atoms with E-state index < -0.39 is 89.8 Å². The third-order valence-electron chi connectivity index (χ3n) is 13.0. The minimum absolute atomic E-state index is 0.00973. The number of aliphatic hydroxyl groups excluding tert-OH is 5. The maximum Gasteiger partial charge on any atom is 0.329 e. The van der Waals surface area contributed by atoms with E-state index >= 15 is 0 Å². The Labute approximate surface area is 342 Å². The number of rotatable bonds is 7. The smallest absolute Gasteiger partial charge is 0.329 e. The van der Waals surface area contributed by atoms with Gasteiger partial charge < -0.3 is 54.5 Å². The van der Waals surface area contributed by atoms with Crippen LogP contribution in [0.1, 0.15) is 106 Å². The first-order valence-corrected chi connectivity index (χ1v) is 21.2. The molecular formula is C43H69NO14. The topological polar surface area (TPSA) is 230 Å². The van der Waals surface area contributed by atoms with Crippen LogP contribution in [0.4, 0.5) is 0 Å². The molecule has 58 heavy (non-hydrogen) atoms. The number of hydrogen-bond donors (Lipinski definition) is 6. The third kappa shape index (κ3) is 11.2. The number of amides is 1. The number of esters is 1. The summed E-state index contributed by atoms with van der Waals surface area (Å²) in [7, 11) is 1.60. The van der Waals surface area contributed by atoms with Gasteiger partial charge in [0.2, 0.25) is 5.79 Å². The molecule has 4 aliphatic rings. The van der Waals surface area contributed by atoms with Crippen molar-refractivity contribution in [2.24, 2.45) is 29.6 Å². The molecule has 0 spiro atoms. The molecule has 3 fully saturated rings. The number of methoxy groups -OCH3 is 1. The van der Waals surface area contributed by atoms with Gasteiger partial charge in [0, 0.05) is 37.8 Å². The molecule has 2 bridgehead atoms. The summed E-state index contributed by atoms with van der Waals surface area (Å²) in [6.45, 7) is 10.2. The Morgan fingerprint density at radius 3 is 2.31 bits per heavy atom. The number of nitrogens with zero attached hydrogens (tertiary/aromatic N) is 1. The minimum Gasteiger partial charge on any atom is -0.456 e. The van der Waals surface area contributed by atoms with Gasteiger partial charge in [0.05, 0.1) is 49.8 Å². The quantitative estimate of drug-likeness (QED) is 0.123. The number of carbonyl (C=O) groups is 4. The monoisotopic (exact) mass is 823 g/mol. The van der Waals surface area contributed by atoms with Gasteiger partial charge >= 0.3 is 5.97 Å². The van der Waals surface area contributed by atoms with Crippen LogP contribution < -0.4 is 0 Å². The molecule has 0 unspecified atom stereocenters. The number of allylic oxidation sites excluding steroid dienone is 2. The van der Waals surface area contributed by atoms with Crippen LogP contribution in [-0.2, 0) is 38.1 Å². The van der Waals surface area contributed by atoms with Crippen molar-refractivity contribution in [2.75, 3.05) is 26.9 Å². The number of Topliss-reactive ketones (excluding diaryl/α,β-unsaturated/α-hetero) is 2. The number of ether oxygens (including phenoxy) is 4. The predicted molar refractivity (Wildman–Crippen MR) is 211 cm³/mol. The first kappa shape index (κ1) is 48.1. The first-order chi connectivity index (χ1) is 27.4. The van der Waals surface area contributed by atoms with E-state index in [4.69, 9.17) is 18.9 Å². The first-order valence-electron chi connectivity index (χ1n) is 21.2. The SMILES string of the molecule is CC[C@@H]1/C=C(\C)[C@@H](O)[C@H](C)C[C@H](O)[C@H]2O[C@@](O)(C(=O)C(=O)N3CCCC[C@H]3C(=O)O[C@H](/C(C)=C/[C@@H]3CC[C@@H](OCCO)[C@H](OC)C3)[C@H](C)[C@@H](O)CC1=O)[C@H](C)C[C@@H]2O. The molecule has 15 heteroatoms. The zero-order chi connectivity index (χ0) is 43.1. The molecule has 15 nitrogen and oxygen atoms in total. The molecule has 0 aromatic carbocycles. The number of carbonyl (C=O) groups excluding carboxylic acids is 4. The van der Waals surface area contributed by atoms with E-state index in [0.29, 0.717) is 49.7 Å². The molecule has 1 aliphatic carbocycles. The lowest BCUT2D eigenvalue weighted by Crippen LogP contribution is -2.64. The number of piperidine rings is 1. The fraction of sp³-hybridized carbons (Fsp3) is 0.814. The Hall–Kier alpha value is -2.60. The summed E-state index contributed by atoms with van der Waals surface area (Å²) in [5.41, 5.74) is 1.07.